The molecule has 2 N–H and O–H groups in total. The molecule has 0 bridgehead atoms. The Morgan fingerprint density at radius 3 is 2.50 bits per heavy atom. The van der Waals surface area contributed by atoms with Gasteiger partial charge in [0, 0.05) is 18.1 Å². The molecule has 0 aliphatic heterocycles. The van der Waals surface area contributed by atoms with E-state index < -0.39 is 41.4 Å². The number of hydrogen-bond acceptors (Lipinski definition) is 6. The van der Waals surface area contributed by atoms with E-state index in [0.717, 1.165) is 16.7 Å². The van der Waals surface area contributed by atoms with E-state index in [1.165, 1.54) is 36.4 Å². The number of aliphatic hydroxyl groups excluding tert-OH is 2. The molecule has 176 valence electrons. The molecule has 4 rings (SSSR count). The van der Waals surface area contributed by atoms with Crippen molar-refractivity contribution in [2.24, 2.45) is 0 Å². The number of rotatable bonds is 7. The SMILES string of the molecule is O=C(O[C@@H]1c2cc(F)ccc2Cc2ccccc2[C@H]1CC[C@H](O)CO)c1ccc([N+](=O)[O-])cc1. The summed E-state index contributed by atoms with van der Waals surface area (Å²) in [5, 5.41) is 30.2. The normalized spacial score (nSPS) is 17.7. The van der Waals surface area contributed by atoms with Crippen LogP contribution in [0.25, 0.3) is 0 Å². The predicted molar refractivity (Wildman–Crippen MR) is 122 cm³/mol. The molecule has 0 amide bonds. The second kappa shape index (κ2) is 10.1. The van der Waals surface area contributed by atoms with Crippen molar-refractivity contribution in [3.8, 4) is 0 Å². The van der Waals surface area contributed by atoms with Crippen LogP contribution in [0, 0.1) is 15.9 Å². The molecular weight excluding hydrogens is 441 g/mol. The third kappa shape index (κ3) is 4.98. The summed E-state index contributed by atoms with van der Waals surface area (Å²) in [5.41, 5.74) is 3.27. The van der Waals surface area contributed by atoms with Crippen LogP contribution in [0.5, 0.6) is 0 Å². The molecule has 3 aromatic carbocycles. The summed E-state index contributed by atoms with van der Waals surface area (Å²) in [5.74, 6) is -1.56. The number of halogens is 1. The summed E-state index contributed by atoms with van der Waals surface area (Å²) in [6, 6.07) is 17.2. The Bertz CT molecular complexity index is 1200. The van der Waals surface area contributed by atoms with Gasteiger partial charge in [-0.1, -0.05) is 30.3 Å². The monoisotopic (exact) mass is 465 g/mol. The van der Waals surface area contributed by atoms with Crippen LogP contribution in [0.2, 0.25) is 0 Å². The summed E-state index contributed by atoms with van der Waals surface area (Å²) < 4.78 is 20.3. The number of ether oxygens (including phenoxy) is 1. The van der Waals surface area contributed by atoms with E-state index in [1.54, 1.807) is 6.07 Å². The fraction of sp³-hybridized carbons (Fsp3) is 0.269. The summed E-state index contributed by atoms with van der Waals surface area (Å²) in [6.07, 6.45) is -0.633. The molecule has 0 aromatic heterocycles. The first-order valence-electron chi connectivity index (χ1n) is 11.0. The quantitative estimate of drug-likeness (QED) is 0.303. The van der Waals surface area contributed by atoms with Gasteiger partial charge in [0.05, 0.1) is 23.2 Å². The van der Waals surface area contributed by atoms with Gasteiger partial charge in [0.25, 0.3) is 5.69 Å². The second-order valence-electron chi connectivity index (χ2n) is 8.37. The average molecular weight is 465 g/mol. The van der Waals surface area contributed by atoms with Gasteiger partial charge in [0.15, 0.2) is 0 Å². The number of non-ortho nitro benzene ring substituents is 1. The molecule has 3 atom stereocenters. The molecule has 0 spiro atoms. The molecule has 34 heavy (non-hydrogen) atoms. The molecule has 8 heteroatoms. The number of nitrogens with zero attached hydrogens (tertiary/aromatic N) is 1. The predicted octanol–water partition coefficient (Wildman–Crippen LogP) is 4.45. The maximum atomic E-state index is 14.3. The highest BCUT2D eigenvalue weighted by Gasteiger charge is 2.35. The topological polar surface area (TPSA) is 110 Å². The Kier molecular flexibility index (Phi) is 7.00. The molecule has 1 aliphatic rings. The lowest BCUT2D eigenvalue weighted by Crippen LogP contribution is -2.21. The molecular formula is C26H24FNO6. The van der Waals surface area contributed by atoms with Crippen molar-refractivity contribution >= 4 is 11.7 Å². The lowest BCUT2D eigenvalue weighted by molar-refractivity contribution is -0.384. The van der Waals surface area contributed by atoms with Crippen LogP contribution in [0.15, 0.2) is 66.7 Å². The smallest absolute Gasteiger partial charge is 0.338 e. The lowest BCUT2D eigenvalue weighted by atomic mass is 9.84. The minimum absolute atomic E-state index is 0.134. The second-order valence-corrected chi connectivity index (χ2v) is 8.37. The minimum Gasteiger partial charge on any atom is -0.453 e. The van der Waals surface area contributed by atoms with Gasteiger partial charge in [-0.2, -0.15) is 0 Å². The van der Waals surface area contributed by atoms with Gasteiger partial charge in [0.1, 0.15) is 11.9 Å². The minimum atomic E-state index is -0.937. The van der Waals surface area contributed by atoms with E-state index in [9.17, 15) is 29.5 Å². The van der Waals surface area contributed by atoms with E-state index in [4.69, 9.17) is 4.74 Å². The van der Waals surface area contributed by atoms with E-state index >= 15 is 0 Å². The summed E-state index contributed by atoms with van der Waals surface area (Å²) in [6.45, 7) is -0.396. The van der Waals surface area contributed by atoms with Crippen LogP contribution in [-0.2, 0) is 11.2 Å². The number of hydrogen-bond donors (Lipinski definition) is 2. The highest BCUT2D eigenvalue weighted by molar-refractivity contribution is 5.90. The first kappa shape index (κ1) is 23.5. The zero-order chi connectivity index (χ0) is 24.2. The van der Waals surface area contributed by atoms with Crippen LogP contribution in [0.3, 0.4) is 0 Å². The maximum Gasteiger partial charge on any atom is 0.338 e. The van der Waals surface area contributed by atoms with E-state index in [0.29, 0.717) is 18.4 Å². The van der Waals surface area contributed by atoms with Gasteiger partial charge >= 0.3 is 5.97 Å². The highest BCUT2D eigenvalue weighted by Crippen LogP contribution is 2.44. The van der Waals surface area contributed by atoms with Gasteiger partial charge < -0.3 is 14.9 Å². The average Bonchev–Trinajstić information content (AvgIpc) is 2.96. The number of fused-ring (bicyclic) bond motifs is 2. The number of nitro benzene ring substituents is 1. The molecule has 0 saturated carbocycles. The van der Waals surface area contributed by atoms with Crippen molar-refractivity contribution in [2.45, 2.75) is 37.4 Å². The van der Waals surface area contributed by atoms with Gasteiger partial charge in [-0.05, 0) is 65.8 Å². The Balaban J connectivity index is 1.75. The van der Waals surface area contributed by atoms with Crippen LogP contribution >= 0.6 is 0 Å². The zero-order valence-corrected chi connectivity index (χ0v) is 18.3. The molecule has 0 unspecified atom stereocenters. The first-order valence-corrected chi connectivity index (χ1v) is 11.0. The van der Waals surface area contributed by atoms with Crippen molar-refractivity contribution < 1.29 is 29.1 Å². The van der Waals surface area contributed by atoms with E-state index in [1.807, 2.05) is 24.3 Å². The Hall–Kier alpha value is -3.62. The third-order valence-electron chi connectivity index (χ3n) is 6.18. The van der Waals surface area contributed by atoms with Crippen molar-refractivity contribution in [1.29, 1.82) is 0 Å². The van der Waals surface area contributed by atoms with Gasteiger partial charge in [0.2, 0.25) is 0 Å². The molecule has 7 nitrogen and oxygen atoms in total. The Morgan fingerprint density at radius 1 is 1.09 bits per heavy atom. The fourth-order valence-corrected chi connectivity index (χ4v) is 4.45. The number of esters is 1. The molecule has 3 aromatic rings. The largest absolute Gasteiger partial charge is 0.453 e. The molecule has 1 aliphatic carbocycles. The summed E-state index contributed by atoms with van der Waals surface area (Å²) in [4.78, 5) is 23.5. The number of aliphatic hydroxyl groups is 2. The fourth-order valence-electron chi connectivity index (χ4n) is 4.45. The standard InChI is InChI=1S/C26H24FNO6/c27-19-8-5-18-13-17-3-1-2-4-22(17)23(12-11-21(30)15-29)25(24(18)14-19)34-26(31)16-6-9-20(10-7-16)28(32)33/h1-10,14,21,23,25,29-30H,11-13,15H2/t21-,23+,25-/m0/s1. The van der Waals surface area contributed by atoms with Crippen molar-refractivity contribution in [2.75, 3.05) is 6.61 Å². The maximum absolute atomic E-state index is 14.3. The Labute approximate surface area is 195 Å². The first-order chi connectivity index (χ1) is 16.4. The Morgan fingerprint density at radius 2 is 1.79 bits per heavy atom. The number of benzene rings is 3. The third-order valence-corrected chi connectivity index (χ3v) is 6.18. The molecule has 0 fully saturated rings. The van der Waals surface area contributed by atoms with Crippen LogP contribution in [0.4, 0.5) is 10.1 Å². The number of nitro groups is 1. The van der Waals surface area contributed by atoms with Gasteiger partial charge in [-0.25, -0.2) is 9.18 Å². The van der Waals surface area contributed by atoms with Crippen LogP contribution < -0.4 is 0 Å². The van der Waals surface area contributed by atoms with Crippen LogP contribution in [0.1, 0.15) is 57.5 Å². The zero-order valence-electron chi connectivity index (χ0n) is 18.3. The highest BCUT2D eigenvalue weighted by atomic mass is 19.1. The van der Waals surface area contributed by atoms with E-state index in [-0.39, 0.29) is 17.7 Å². The summed E-state index contributed by atoms with van der Waals surface area (Å²) in [7, 11) is 0. The van der Waals surface area contributed by atoms with Gasteiger partial charge in [-0.3, -0.25) is 10.1 Å². The van der Waals surface area contributed by atoms with Crippen molar-refractivity contribution in [3.05, 3.63) is 110 Å². The van der Waals surface area contributed by atoms with Crippen molar-refractivity contribution in [3.63, 3.8) is 0 Å². The molecule has 0 radical (unpaired) electrons. The summed E-state index contributed by atoms with van der Waals surface area (Å²) >= 11 is 0. The number of carbonyl (C=O) groups is 1. The van der Waals surface area contributed by atoms with Gasteiger partial charge in [-0.15, -0.1) is 0 Å². The lowest BCUT2D eigenvalue weighted by Gasteiger charge is -2.28. The van der Waals surface area contributed by atoms with E-state index in [2.05, 4.69) is 0 Å². The molecule has 0 saturated heterocycles. The number of carbonyl (C=O) groups excluding carboxylic acids is 1. The molecule has 0 heterocycles. The van der Waals surface area contributed by atoms with Crippen molar-refractivity contribution in [1.82, 2.24) is 0 Å². The van der Waals surface area contributed by atoms with Crippen LogP contribution in [-0.4, -0.2) is 33.8 Å².